The normalized spacial score (nSPS) is 28.9. The third-order valence-electron chi connectivity index (χ3n) is 4.11. The van der Waals surface area contributed by atoms with Gasteiger partial charge < -0.3 is 28.4 Å². The fraction of sp³-hybridized carbons (Fsp3) is 0.529. The Bertz CT molecular complexity index is 588. The lowest BCUT2D eigenvalue weighted by molar-refractivity contribution is -0.345. The van der Waals surface area contributed by atoms with Gasteiger partial charge in [-0.15, -0.1) is 0 Å². The lowest BCUT2D eigenvalue weighted by Gasteiger charge is -2.42. The molecule has 0 N–H and O–H groups in total. The number of fused-ring (bicyclic) bond motifs is 1. The van der Waals surface area contributed by atoms with Crippen molar-refractivity contribution in [2.75, 3.05) is 27.4 Å². The van der Waals surface area contributed by atoms with Gasteiger partial charge in [0.2, 0.25) is 5.92 Å². The molecule has 8 heteroatoms. The fourth-order valence-electron chi connectivity index (χ4n) is 2.78. The molecule has 2 fully saturated rings. The predicted molar refractivity (Wildman–Crippen MR) is 82.1 cm³/mol. The first-order valence-electron chi connectivity index (χ1n) is 7.88. The summed E-state index contributed by atoms with van der Waals surface area (Å²) in [6, 6.07) is 9.52. The van der Waals surface area contributed by atoms with Crippen LogP contribution in [0.3, 0.4) is 0 Å². The summed E-state index contributed by atoms with van der Waals surface area (Å²) in [6.45, 7) is 0.408. The summed E-state index contributed by atoms with van der Waals surface area (Å²) in [7, 11) is 2.36. The molecule has 1 aromatic rings. The molecule has 3 rings (SSSR count). The largest absolute Gasteiger partial charge is 0.468 e. The summed E-state index contributed by atoms with van der Waals surface area (Å²) >= 11 is 0. The second-order valence-corrected chi connectivity index (χ2v) is 5.65. The summed E-state index contributed by atoms with van der Waals surface area (Å²) in [6.07, 6.45) is -2.45. The van der Waals surface area contributed by atoms with Crippen molar-refractivity contribution in [2.24, 2.45) is 5.92 Å². The number of hydrogen-bond donors (Lipinski definition) is 0. The highest BCUT2D eigenvalue weighted by atomic mass is 16.8. The minimum absolute atomic E-state index is 0.159. The second-order valence-electron chi connectivity index (χ2n) is 5.65. The minimum Gasteiger partial charge on any atom is -0.468 e. The second kappa shape index (κ2) is 7.92. The number of esters is 2. The Balaban J connectivity index is 1.65. The van der Waals surface area contributed by atoms with E-state index in [0.29, 0.717) is 0 Å². The Morgan fingerprint density at radius 1 is 0.960 bits per heavy atom. The van der Waals surface area contributed by atoms with E-state index < -0.39 is 36.5 Å². The summed E-state index contributed by atoms with van der Waals surface area (Å²) in [5, 5.41) is 0. The Kier molecular flexibility index (Phi) is 5.64. The van der Waals surface area contributed by atoms with E-state index in [4.69, 9.17) is 18.9 Å². The average Bonchev–Trinajstić information content (AvgIpc) is 2.68. The standard InChI is InChI=1S/C17H20O8/c1-20-14(18)13(15(19)21-2)17-23-9-11-12(25-17)8-22-16(24-11)10-6-4-3-5-7-10/h3-7,11-13,16-17H,8-9H2,1-2H3/t11-,12+,16?,17?/m0/s1. The van der Waals surface area contributed by atoms with Crippen molar-refractivity contribution < 1.29 is 38.0 Å². The molecule has 0 aromatic heterocycles. The first-order valence-corrected chi connectivity index (χ1v) is 7.88. The zero-order valence-corrected chi connectivity index (χ0v) is 14.0. The molecule has 0 aliphatic carbocycles. The molecule has 0 radical (unpaired) electrons. The highest BCUT2D eigenvalue weighted by Crippen LogP contribution is 2.32. The zero-order valence-electron chi connectivity index (χ0n) is 14.0. The molecule has 1 aromatic carbocycles. The van der Waals surface area contributed by atoms with Gasteiger partial charge >= 0.3 is 11.9 Å². The SMILES string of the molecule is COC(=O)C(C(=O)OC)C1OC[C@@H]2OC(c3ccccc3)OC[C@H]2O1. The smallest absolute Gasteiger partial charge is 0.325 e. The number of methoxy groups -OCH3 is 2. The molecule has 0 saturated carbocycles. The fourth-order valence-corrected chi connectivity index (χ4v) is 2.78. The summed E-state index contributed by atoms with van der Waals surface area (Å²) < 4.78 is 32.1. The number of hydrogen-bond acceptors (Lipinski definition) is 8. The van der Waals surface area contributed by atoms with Crippen LogP contribution in [0.2, 0.25) is 0 Å². The molecule has 0 spiro atoms. The molecule has 136 valence electrons. The van der Waals surface area contributed by atoms with E-state index >= 15 is 0 Å². The summed E-state index contributed by atoms with van der Waals surface area (Å²) in [5.41, 5.74) is 0.894. The van der Waals surface area contributed by atoms with Crippen LogP contribution in [0.5, 0.6) is 0 Å². The van der Waals surface area contributed by atoms with Crippen molar-refractivity contribution in [1.82, 2.24) is 0 Å². The van der Waals surface area contributed by atoms with Crippen LogP contribution in [-0.2, 0) is 38.0 Å². The quantitative estimate of drug-likeness (QED) is 0.581. The molecule has 8 nitrogen and oxygen atoms in total. The Morgan fingerprint density at radius 3 is 2.20 bits per heavy atom. The minimum atomic E-state index is -1.32. The van der Waals surface area contributed by atoms with Gasteiger partial charge in [0.15, 0.2) is 12.6 Å². The molecule has 2 aliphatic heterocycles. The summed E-state index contributed by atoms with van der Waals surface area (Å²) in [4.78, 5) is 23.7. The monoisotopic (exact) mass is 352 g/mol. The molecule has 2 saturated heterocycles. The van der Waals surface area contributed by atoms with E-state index in [0.717, 1.165) is 5.56 Å². The van der Waals surface area contributed by atoms with E-state index in [9.17, 15) is 9.59 Å². The first-order chi connectivity index (χ1) is 12.1. The van der Waals surface area contributed by atoms with E-state index in [2.05, 4.69) is 9.47 Å². The van der Waals surface area contributed by atoms with Crippen molar-refractivity contribution in [3.63, 3.8) is 0 Å². The maximum atomic E-state index is 11.9. The highest BCUT2D eigenvalue weighted by Gasteiger charge is 2.46. The van der Waals surface area contributed by atoms with Crippen molar-refractivity contribution in [2.45, 2.75) is 24.8 Å². The van der Waals surface area contributed by atoms with Crippen molar-refractivity contribution in [3.05, 3.63) is 35.9 Å². The molecular formula is C17H20O8. The number of rotatable bonds is 4. The first kappa shape index (κ1) is 17.8. The van der Waals surface area contributed by atoms with Crippen LogP contribution in [0.1, 0.15) is 11.9 Å². The van der Waals surface area contributed by atoms with Crippen molar-refractivity contribution in [1.29, 1.82) is 0 Å². The van der Waals surface area contributed by atoms with Crippen molar-refractivity contribution in [3.8, 4) is 0 Å². The Hall–Kier alpha value is -2.00. The maximum absolute atomic E-state index is 11.9. The molecule has 2 unspecified atom stereocenters. The molecule has 0 bridgehead atoms. The topological polar surface area (TPSA) is 89.5 Å². The molecular weight excluding hydrogens is 332 g/mol. The molecule has 25 heavy (non-hydrogen) atoms. The van der Waals surface area contributed by atoms with E-state index in [-0.39, 0.29) is 19.3 Å². The van der Waals surface area contributed by atoms with E-state index in [1.165, 1.54) is 14.2 Å². The average molecular weight is 352 g/mol. The van der Waals surface area contributed by atoms with Gasteiger partial charge in [-0.25, -0.2) is 0 Å². The molecule has 2 heterocycles. The number of benzene rings is 1. The van der Waals surface area contributed by atoms with Crippen LogP contribution in [0.25, 0.3) is 0 Å². The van der Waals surface area contributed by atoms with Gasteiger partial charge in [0.1, 0.15) is 12.2 Å². The number of carbonyl (C=O) groups excluding carboxylic acids is 2. The third kappa shape index (κ3) is 3.82. The Morgan fingerprint density at radius 2 is 1.56 bits per heavy atom. The lowest BCUT2D eigenvalue weighted by atomic mass is 10.1. The molecule has 2 aliphatic rings. The number of carbonyl (C=O) groups is 2. The van der Waals surface area contributed by atoms with Crippen LogP contribution in [-0.4, -0.2) is 57.9 Å². The van der Waals surface area contributed by atoms with Gasteiger partial charge in [0, 0.05) is 5.56 Å². The van der Waals surface area contributed by atoms with Crippen molar-refractivity contribution >= 4 is 11.9 Å². The molecule has 0 amide bonds. The van der Waals surface area contributed by atoms with E-state index in [1.54, 1.807) is 0 Å². The van der Waals surface area contributed by atoms with Gasteiger partial charge in [0.25, 0.3) is 0 Å². The zero-order chi connectivity index (χ0) is 17.8. The van der Waals surface area contributed by atoms with Crippen LogP contribution < -0.4 is 0 Å². The van der Waals surface area contributed by atoms with Crippen LogP contribution >= 0.6 is 0 Å². The maximum Gasteiger partial charge on any atom is 0.325 e. The third-order valence-corrected chi connectivity index (χ3v) is 4.11. The van der Waals surface area contributed by atoms with E-state index in [1.807, 2.05) is 30.3 Å². The van der Waals surface area contributed by atoms with Gasteiger partial charge in [-0.2, -0.15) is 0 Å². The number of ether oxygens (including phenoxy) is 6. The highest BCUT2D eigenvalue weighted by molar-refractivity contribution is 5.95. The van der Waals surface area contributed by atoms with Gasteiger partial charge in [-0.1, -0.05) is 30.3 Å². The van der Waals surface area contributed by atoms with Crippen LogP contribution in [0.15, 0.2) is 30.3 Å². The van der Waals surface area contributed by atoms with Crippen LogP contribution in [0, 0.1) is 5.92 Å². The van der Waals surface area contributed by atoms with Crippen LogP contribution in [0.4, 0.5) is 0 Å². The predicted octanol–water partition coefficient (Wildman–Crippen LogP) is 0.804. The van der Waals surface area contributed by atoms with Gasteiger partial charge in [-0.3, -0.25) is 9.59 Å². The lowest BCUT2D eigenvalue weighted by Crippen LogP contribution is -2.55. The van der Waals surface area contributed by atoms with Gasteiger partial charge in [-0.05, 0) is 0 Å². The summed E-state index contributed by atoms with van der Waals surface area (Å²) in [5.74, 6) is -2.88. The molecule has 4 atom stereocenters. The van der Waals surface area contributed by atoms with Gasteiger partial charge in [0.05, 0.1) is 27.4 Å². The Labute approximate surface area is 144 Å².